The summed E-state index contributed by atoms with van der Waals surface area (Å²) in [7, 11) is 0. The van der Waals surface area contributed by atoms with Gasteiger partial charge < -0.3 is 4.90 Å². The van der Waals surface area contributed by atoms with Gasteiger partial charge in [-0.05, 0) is 57.8 Å². The molecule has 0 aromatic heterocycles. The molecule has 0 aromatic rings. The summed E-state index contributed by atoms with van der Waals surface area (Å²) in [5.41, 5.74) is 3.00. The Balaban J connectivity index is 1.92. The van der Waals surface area contributed by atoms with Crippen molar-refractivity contribution in [2.75, 3.05) is 13.1 Å². The Bertz CT molecular complexity index is 429. The van der Waals surface area contributed by atoms with E-state index in [1.165, 1.54) is 30.4 Å². The first kappa shape index (κ1) is 16.3. The first-order chi connectivity index (χ1) is 9.97. The van der Waals surface area contributed by atoms with Crippen molar-refractivity contribution in [2.24, 2.45) is 17.8 Å². The molecular weight excluding hydrogens is 258 g/mol. The number of allylic oxidation sites excluding steroid dienone is 3. The summed E-state index contributed by atoms with van der Waals surface area (Å²) in [6.45, 7) is 10.6. The van der Waals surface area contributed by atoms with Crippen molar-refractivity contribution in [1.29, 1.82) is 0 Å². The summed E-state index contributed by atoms with van der Waals surface area (Å²) in [5, 5.41) is 0. The molecule has 1 fully saturated rings. The number of carbonyl (C=O) groups is 1. The second-order valence-corrected chi connectivity index (χ2v) is 7.38. The van der Waals surface area contributed by atoms with Gasteiger partial charge in [0.15, 0.2) is 0 Å². The van der Waals surface area contributed by atoms with Crippen molar-refractivity contribution in [1.82, 2.24) is 4.90 Å². The summed E-state index contributed by atoms with van der Waals surface area (Å²) in [5.74, 6) is 1.94. The summed E-state index contributed by atoms with van der Waals surface area (Å²) >= 11 is 0. The minimum Gasteiger partial charge on any atom is -0.338 e. The zero-order valence-electron chi connectivity index (χ0n) is 14.2. The van der Waals surface area contributed by atoms with E-state index in [0.29, 0.717) is 23.7 Å². The number of rotatable bonds is 6. The maximum absolute atomic E-state index is 12.4. The van der Waals surface area contributed by atoms with Crippen LogP contribution in [0.5, 0.6) is 0 Å². The molecular formula is C19H31NO. The van der Waals surface area contributed by atoms with Gasteiger partial charge in [0.1, 0.15) is 0 Å². The average molecular weight is 289 g/mol. The summed E-state index contributed by atoms with van der Waals surface area (Å²) in [6.07, 6.45) is 10.6. The van der Waals surface area contributed by atoms with Crippen molar-refractivity contribution in [2.45, 2.75) is 59.8 Å². The van der Waals surface area contributed by atoms with Crippen molar-refractivity contribution in [3.8, 4) is 0 Å². The topological polar surface area (TPSA) is 20.3 Å². The third-order valence-corrected chi connectivity index (χ3v) is 4.74. The Labute approximate surface area is 130 Å². The van der Waals surface area contributed by atoms with Crippen LogP contribution in [0.25, 0.3) is 0 Å². The predicted octanol–water partition coefficient (Wildman–Crippen LogP) is 4.57. The monoisotopic (exact) mass is 289 g/mol. The van der Waals surface area contributed by atoms with E-state index in [1.807, 2.05) is 0 Å². The second-order valence-electron chi connectivity index (χ2n) is 7.38. The molecule has 1 amide bonds. The minimum atomic E-state index is 0.331. The van der Waals surface area contributed by atoms with Gasteiger partial charge in [-0.2, -0.15) is 0 Å². The molecule has 118 valence electrons. The molecule has 0 saturated heterocycles. The summed E-state index contributed by atoms with van der Waals surface area (Å²) in [6, 6.07) is 0. The summed E-state index contributed by atoms with van der Waals surface area (Å²) in [4.78, 5) is 14.4. The van der Waals surface area contributed by atoms with Crippen molar-refractivity contribution in [3.63, 3.8) is 0 Å². The zero-order chi connectivity index (χ0) is 15.4. The van der Waals surface area contributed by atoms with Crippen LogP contribution in [0.1, 0.15) is 59.8 Å². The SMILES string of the molecule is CC1=CCC(C(C)=CCN(CC(C)C)C(=O)C2CC2)CC1. The lowest BCUT2D eigenvalue weighted by Crippen LogP contribution is -2.35. The smallest absolute Gasteiger partial charge is 0.225 e. The van der Waals surface area contributed by atoms with Gasteiger partial charge in [0.05, 0.1) is 0 Å². The molecule has 0 N–H and O–H groups in total. The fraction of sp³-hybridized carbons (Fsp3) is 0.737. The van der Waals surface area contributed by atoms with Crippen molar-refractivity contribution in [3.05, 3.63) is 23.3 Å². The number of amides is 1. The molecule has 1 unspecified atom stereocenters. The molecule has 2 rings (SSSR count). The maximum atomic E-state index is 12.4. The predicted molar refractivity (Wildman–Crippen MR) is 89.0 cm³/mol. The van der Waals surface area contributed by atoms with Crippen LogP contribution in [-0.2, 0) is 4.79 Å². The van der Waals surface area contributed by atoms with Gasteiger partial charge >= 0.3 is 0 Å². The number of nitrogens with zero attached hydrogens (tertiary/aromatic N) is 1. The molecule has 1 saturated carbocycles. The Morgan fingerprint density at radius 2 is 2.05 bits per heavy atom. The lowest BCUT2D eigenvalue weighted by atomic mass is 9.85. The second kappa shape index (κ2) is 7.29. The van der Waals surface area contributed by atoms with E-state index in [2.05, 4.69) is 44.7 Å². The van der Waals surface area contributed by atoms with Crippen LogP contribution in [0.15, 0.2) is 23.3 Å². The highest BCUT2D eigenvalue weighted by molar-refractivity contribution is 5.81. The maximum Gasteiger partial charge on any atom is 0.225 e. The van der Waals surface area contributed by atoms with Crippen LogP contribution >= 0.6 is 0 Å². The van der Waals surface area contributed by atoms with Gasteiger partial charge in [0.25, 0.3) is 0 Å². The quantitative estimate of drug-likeness (QED) is 0.656. The van der Waals surface area contributed by atoms with Gasteiger partial charge in [-0.25, -0.2) is 0 Å². The highest BCUT2D eigenvalue weighted by atomic mass is 16.2. The molecule has 2 aliphatic carbocycles. The Morgan fingerprint density at radius 1 is 1.33 bits per heavy atom. The van der Waals surface area contributed by atoms with Crippen LogP contribution < -0.4 is 0 Å². The van der Waals surface area contributed by atoms with Gasteiger partial charge in [0.2, 0.25) is 5.91 Å². The fourth-order valence-corrected chi connectivity index (χ4v) is 3.08. The Kier molecular flexibility index (Phi) is 5.66. The largest absolute Gasteiger partial charge is 0.338 e. The molecule has 0 aromatic carbocycles. The third kappa shape index (κ3) is 5.01. The molecule has 1 atom stereocenters. The van der Waals surface area contributed by atoms with Crippen LogP contribution in [0.2, 0.25) is 0 Å². The highest BCUT2D eigenvalue weighted by Crippen LogP contribution is 2.32. The lowest BCUT2D eigenvalue weighted by molar-refractivity contribution is -0.132. The normalized spacial score (nSPS) is 23.2. The van der Waals surface area contributed by atoms with E-state index >= 15 is 0 Å². The molecule has 0 spiro atoms. The molecule has 0 bridgehead atoms. The lowest BCUT2D eigenvalue weighted by Gasteiger charge is -2.25. The standard InChI is InChI=1S/C19H31NO/c1-14(2)13-20(19(21)18-9-10-18)12-11-16(4)17-7-5-15(3)6-8-17/h5,11,14,17-18H,6-10,12-13H2,1-4H3. The molecule has 0 heterocycles. The number of hydrogen-bond acceptors (Lipinski definition) is 1. The molecule has 2 heteroatoms. The summed E-state index contributed by atoms with van der Waals surface area (Å²) < 4.78 is 0. The van der Waals surface area contributed by atoms with E-state index in [4.69, 9.17) is 0 Å². The van der Waals surface area contributed by atoms with Crippen LogP contribution in [-0.4, -0.2) is 23.9 Å². The molecule has 0 radical (unpaired) electrons. The van der Waals surface area contributed by atoms with E-state index in [-0.39, 0.29) is 0 Å². The number of hydrogen-bond donors (Lipinski definition) is 0. The van der Waals surface area contributed by atoms with Gasteiger partial charge in [-0.15, -0.1) is 0 Å². The number of carbonyl (C=O) groups excluding carboxylic acids is 1. The van der Waals surface area contributed by atoms with E-state index in [1.54, 1.807) is 0 Å². The van der Waals surface area contributed by atoms with Crippen LogP contribution in [0.4, 0.5) is 0 Å². The molecule has 2 aliphatic rings. The van der Waals surface area contributed by atoms with Gasteiger partial charge in [0, 0.05) is 19.0 Å². The van der Waals surface area contributed by atoms with E-state index in [9.17, 15) is 4.79 Å². The van der Waals surface area contributed by atoms with Crippen LogP contribution in [0, 0.1) is 17.8 Å². The van der Waals surface area contributed by atoms with Gasteiger partial charge in [-0.1, -0.05) is 37.1 Å². The van der Waals surface area contributed by atoms with E-state index < -0.39 is 0 Å². The molecule has 2 nitrogen and oxygen atoms in total. The van der Waals surface area contributed by atoms with Gasteiger partial charge in [-0.3, -0.25) is 4.79 Å². The first-order valence-electron chi connectivity index (χ1n) is 8.58. The van der Waals surface area contributed by atoms with E-state index in [0.717, 1.165) is 25.9 Å². The first-order valence-corrected chi connectivity index (χ1v) is 8.58. The highest BCUT2D eigenvalue weighted by Gasteiger charge is 2.33. The third-order valence-electron chi connectivity index (χ3n) is 4.74. The fourth-order valence-electron chi connectivity index (χ4n) is 3.08. The Hall–Kier alpha value is -1.05. The van der Waals surface area contributed by atoms with Crippen molar-refractivity contribution >= 4 is 5.91 Å². The van der Waals surface area contributed by atoms with Crippen LogP contribution in [0.3, 0.4) is 0 Å². The minimum absolute atomic E-state index is 0.331. The average Bonchev–Trinajstić information content (AvgIpc) is 3.27. The molecule has 21 heavy (non-hydrogen) atoms. The molecule has 0 aliphatic heterocycles. The van der Waals surface area contributed by atoms with Crippen molar-refractivity contribution < 1.29 is 4.79 Å². The Morgan fingerprint density at radius 3 is 2.57 bits per heavy atom. The zero-order valence-corrected chi connectivity index (χ0v) is 14.2.